The van der Waals surface area contributed by atoms with E-state index in [4.69, 9.17) is 9.84 Å². The third kappa shape index (κ3) is 2.02. The Balaban J connectivity index is 2.35. The van der Waals surface area contributed by atoms with Gasteiger partial charge in [0.25, 0.3) is 0 Å². The Morgan fingerprint density at radius 2 is 2.27 bits per heavy atom. The van der Waals surface area contributed by atoms with Crippen LogP contribution in [0.15, 0.2) is 0 Å². The minimum Gasteiger partial charge on any atom is -0.481 e. The molecular formula is C10H14N2O3. The smallest absolute Gasteiger partial charge is 0.309 e. The van der Waals surface area contributed by atoms with E-state index in [2.05, 4.69) is 5.10 Å². The first-order valence-electron chi connectivity index (χ1n) is 5.01. The van der Waals surface area contributed by atoms with E-state index in [9.17, 15) is 4.79 Å². The zero-order valence-corrected chi connectivity index (χ0v) is 8.69. The van der Waals surface area contributed by atoms with Crippen LogP contribution in [0.5, 0.6) is 0 Å². The summed E-state index contributed by atoms with van der Waals surface area (Å²) in [7, 11) is 1.80. The van der Waals surface area contributed by atoms with Gasteiger partial charge in [-0.1, -0.05) is 0 Å². The van der Waals surface area contributed by atoms with Crippen molar-refractivity contribution in [3.05, 3.63) is 17.0 Å². The average molecular weight is 210 g/mol. The molecule has 1 aliphatic heterocycles. The van der Waals surface area contributed by atoms with Gasteiger partial charge in [-0.05, 0) is 12.0 Å². The predicted molar refractivity (Wildman–Crippen MR) is 52.8 cm³/mol. The van der Waals surface area contributed by atoms with Gasteiger partial charge in [0.05, 0.1) is 31.0 Å². The van der Waals surface area contributed by atoms with Crippen molar-refractivity contribution in [3.8, 4) is 0 Å². The van der Waals surface area contributed by atoms with E-state index < -0.39 is 5.97 Å². The number of aryl methyl sites for hydroxylation is 1. The lowest BCUT2D eigenvalue weighted by Crippen LogP contribution is -2.09. The third-order valence-corrected chi connectivity index (χ3v) is 2.66. The molecule has 5 heteroatoms. The van der Waals surface area contributed by atoms with Crippen LogP contribution >= 0.6 is 0 Å². The molecule has 0 radical (unpaired) electrons. The molecule has 5 nitrogen and oxygen atoms in total. The Kier molecular flexibility index (Phi) is 2.73. The summed E-state index contributed by atoms with van der Waals surface area (Å²) in [6, 6.07) is 0. The molecule has 0 unspecified atom stereocenters. The number of hydrogen-bond donors (Lipinski definition) is 1. The second-order valence-corrected chi connectivity index (χ2v) is 3.68. The minimum atomic E-state index is -0.814. The molecule has 0 amide bonds. The van der Waals surface area contributed by atoms with Crippen LogP contribution in [0.4, 0.5) is 0 Å². The summed E-state index contributed by atoms with van der Waals surface area (Å²) in [5.41, 5.74) is 2.87. The number of rotatable bonds is 2. The Labute approximate surface area is 87.7 Å². The van der Waals surface area contributed by atoms with Crippen molar-refractivity contribution in [1.82, 2.24) is 9.78 Å². The molecule has 0 atom stereocenters. The Hall–Kier alpha value is -1.36. The molecule has 0 bridgehead atoms. The lowest BCUT2D eigenvalue weighted by molar-refractivity contribution is -0.136. The van der Waals surface area contributed by atoms with Crippen LogP contribution in [0.1, 0.15) is 17.0 Å². The predicted octanol–water partition coefficient (Wildman–Crippen LogP) is 0.162. The van der Waals surface area contributed by atoms with Gasteiger partial charge in [-0.25, -0.2) is 0 Å². The molecule has 0 fully saturated rings. The summed E-state index contributed by atoms with van der Waals surface area (Å²) in [6.07, 6.45) is 1.59. The van der Waals surface area contributed by atoms with Gasteiger partial charge in [-0.3, -0.25) is 9.48 Å². The van der Waals surface area contributed by atoms with Crippen LogP contribution in [0, 0.1) is 0 Å². The van der Waals surface area contributed by atoms with Crippen LogP contribution in [-0.4, -0.2) is 34.1 Å². The number of ether oxygens (including phenoxy) is 1. The first-order valence-corrected chi connectivity index (χ1v) is 5.01. The second-order valence-electron chi connectivity index (χ2n) is 3.68. The highest BCUT2D eigenvalue weighted by molar-refractivity contribution is 5.70. The number of carboxylic acids is 1. The summed E-state index contributed by atoms with van der Waals surface area (Å²) >= 11 is 0. The van der Waals surface area contributed by atoms with Crippen molar-refractivity contribution in [3.63, 3.8) is 0 Å². The molecule has 1 aromatic rings. The maximum atomic E-state index is 10.7. The fourth-order valence-corrected chi connectivity index (χ4v) is 1.96. The summed E-state index contributed by atoms with van der Waals surface area (Å²) in [5.74, 6) is -0.814. The number of nitrogens with zero attached hydrogens (tertiary/aromatic N) is 2. The van der Waals surface area contributed by atoms with Gasteiger partial charge in [-0.15, -0.1) is 0 Å². The summed E-state index contributed by atoms with van der Waals surface area (Å²) in [5, 5.41) is 13.1. The van der Waals surface area contributed by atoms with Gasteiger partial charge >= 0.3 is 5.97 Å². The Morgan fingerprint density at radius 1 is 1.53 bits per heavy atom. The summed E-state index contributed by atoms with van der Waals surface area (Å²) < 4.78 is 7.02. The maximum Gasteiger partial charge on any atom is 0.309 e. The Bertz CT molecular complexity index is 384. The molecule has 2 heterocycles. The molecule has 2 rings (SSSR count). The van der Waals surface area contributed by atoms with Gasteiger partial charge in [0.1, 0.15) is 0 Å². The van der Waals surface area contributed by atoms with E-state index in [1.165, 1.54) is 0 Å². The van der Waals surface area contributed by atoms with E-state index in [0.717, 1.165) is 29.8 Å². The van der Waals surface area contributed by atoms with Crippen LogP contribution in [0.3, 0.4) is 0 Å². The highest BCUT2D eigenvalue weighted by Gasteiger charge is 2.19. The monoisotopic (exact) mass is 210 g/mol. The highest BCUT2D eigenvalue weighted by atomic mass is 16.5. The molecular weight excluding hydrogens is 196 g/mol. The van der Waals surface area contributed by atoms with Crippen molar-refractivity contribution < 1.29 is 14.6 Å². The van der Waals surface area contributed by atoms with Gasteiger partial charge < -0.3 is 9.84 Å². The zero-order chi connectivity index (χ0) is 10.8. The SMILES string of the molecule is Cn1nc2c(c1CC(=O)O)CCOCC2. The van der Waals surface area contributed by atoms with Crippen LogP contribution in [0.2, 0.25) is 0 Å². The van der Waals surface area contributed by atoms with Gasteiger partial charge in [-0.2, -0.15) is 5.10 Å². The lowest BCUT2D eigenvalue weighted by atomic mass is 10.1. The van der Waals surface area contributed by atoms with E-state index in [-0.39, 0.29) is 6.42 Å². The number of aliphatic carboxylic acids is 1. The molecule has 0 spiro atoms. The quantitative estimate of drug-likeness (QED) is 0.755. The Morgan fingerprint density at radius 3 is 3.00 bits per heavy atom. The molecule has 0 saturated carbocycles. The van der Waals surface area contributed by atoms with Crippen molar-refractivity contribution in [2.75, 3.05) is 13.2 Å². The van der Waals surface area contributed by atoms with Crippen molar-refractivity contribution >= 4 is 5.97 Å². The first-order chi connectivity index (χ1) is 7.18. The van der Waals surface area contributed by atoms with Crippen molar-refractivity contribution in [1.29, 1.82) is 0 Å². The van der Waals surface area contributed by atoms with E-state index in [1.54, 1.807) is 11.7 Å². The fourth-order valence-electron chi connectivity index (χ4n) is 1.96. The average Bonchev–Trinajstić information content (AvgIpc) is 2.39. The third-order valence-electron chi connectivity index (χ3n) is 2.66. The fraction of sp³-hybridized carbons (Fsp3) is 0.600. The number of aromatic nitrogens is 2. The molecule has 1 aromatic heterocycles. The molecule has 15 heavy (non-hydrogen) atoms. The van der Waals surface area contributed by atoms with Gasteiger partial charge in [0.2, 0.25) is 0 Å². The minimum absolute atomic E-state index is 0.0405. The van der Waals surface area contributed by atoms with E-state index >= 15 is 0 Å². The summed E-state index contributed by atoms with van der Waals surface area (Å²) in [6.45, 7) is 1.34. The van der Waals surface area contributed by atoms with Crippen molar-refractivity contribution in [2.24, 2.45) is 7.05 Å². The lowest BCUT2D eigenvalue weighted by Gasteiger charge is -2.02. The number of carboxylic acid groups (broad SMARTS) is 1. The molecule has 82 valence electrons. The second kappa shape index (κ2) is 4.02. The van der Waals surface area contributed by atoms with E-state index in [0.29, 0.717) is 13.2 Å². The number of fused-ring (bicyclic) bond motifs is 1. The van der Waals surface area contributed by atoms with Gasteiger partial charge in [0, 0.05) is 13.5 Å². The molecule has 1 aliphatic rings. The number of hydrogen-bond acceptors (Lipinski definition) is 3. The maximum absolute atomic E-state index is 10.7. The first kappa shape index (κ1) is 10.2. The van der Waals surface area contributed by atoms with Crippen molar-refractivity contribution in [2.45, 2.75) is 19.3 Å². The van der Waals surface area contributed by atoms with Gasteiger partial charge in [0.15, 0.2) is 0 Å². The molecule has 0 aliphatic carbocycles. The van der Waals surface area contributed by atoms with E-state index in [1.807, 2.05) is 0 Å². The zero-order valence-electron chi connectivity index (χ0n) is 8.69. The number of carbonyl (C=O) groups is 1. The topological polar surface area (TPSA) is 64.4 Å². The normalized spacial score (nSPS) is 15.8. The largest absolute Gasteiger partial charge is 0.481 e. The highest BCUT2D eigenvalue weighted by Crippen LogP contribution is 2.18. The molecule has 1 N–H and O–H groups in total. The standard InChI is InChI=1S/C10H14N2O3/c1-12-9(6-10(13)14)7-2-4-15-5-3-8(7)11-12/h2-6H2,1H3,(H,13,14). The van der Waals surface area contributed by atoms with Crippen LogP contribution < -0.4 is 0 Å². The van der Waals surface area contributed by atoms with Crippen LogP contribution in [0.25, 0.3) is 0 Å². The molecule has 0 aromatic carbocycles. The summed E-state index contributed by atoms with van der Waals surface area (Å²) in [4.78, 5) is 10.7. The van der Waals surface area contributed by atoms with Crippen LogP contribution in [-0.2, 0) is 35.8 Å². The molecule has 0 saturated heterocycles.